The number of hydrogen-bond acceptors (Lipinski definition) is 3. The summed E-state index contributed by atoms with van der Waals surface area (Å²) in [6.07, 6.45) is -4.36. The van der Waals surface area contributed by atoms with Crippen molar-refractivity contribution in [1.29, 1.82) is 0 Å². The number of rotatable bonds is 2. The maximum absolute atomic E-state index is 12.6. The van der Waals surface area contributed by atoms with Gasteiger partial charge in [0, 0.05) is 9.85 Å². The number of aromatic nitrogens is 1. The molecule has 8 heteroatoms. The maximum Gasteiger partial charge on any atom is 0.416 e. The SMILES string of the molecule is FC(F)(F)c1ccc(Br)c(Nc2nc(Br)cs2)c1. The Bertz CT molecular complexity index is 568. The first-order valence-corrected chi connectivity index (χ1v) is 7.07. The Morgan fingerprint density at radius 2 is 1.94 bits per heavy atom. The van der Waals surface area contributed by atoms with Crippen LogP contribution < -0.4 is 5.32 Å². The molecule has 0 aliphatic heterocycles. The number of alkyl halides is 3. The summed E-state index contributed by atoms with van der Waals surface area (Å²) in [5.41, 5.74) is -0.379. The fraction of sp³-hybridized carbons (Fsp3) is 0.100. The Balaban J connectivity index is 2.32. The van der Waals surface area contributed by atoms with E-state index in [4.69, 9.17) is 0 Å². The van der Waals surface area contributed by atoms with Crippen LogP contribution in [-0.2, 0) is 6.18 Å². The highest BCUT2D eigenvalue weighted by molar-refractivity contribution is 9.10. The molecule has 0 aliphatic carbocycles. The van der Waals surface area contributed by atoms with Gasteiger partial charge in [0.2, 0.25) is 0 Å². The molecule has 18 heavy (non-hydrogen) atoms. The fourth-order valence-corrected chi connectivity index (χ4v) is 2.73. The van der Waals surface area contributed by atoms with E-state index in [2.05, 4.69) is 42.2 Å². The van der Waals surface area contributed by atoms with E-state index in [0.29, 0.717) is 19.9 Å². The molecule has 0 atom stereocenters. The van der Waals surface area contributed by atoms with Gasteiger partial charge >= 0.3 is 6.18 Å². The van der Waals surface area contributed by atoms with E-state index in [-0.39, 0.29) is 0 Å². The van der Waals surface area contributed by atoms with Crippen molar-refractivity contribution in [3.8, 4) is 0 Å². The summed E-state index contributed by atoms with van der Waals surface area (Å²) in [6.45, 7) is 0. The molecule has 0 amide bonds. The summed E-state index contributed by atoms with van der Waals surface area (Å²) in [7, 11) is 0. The number of halogens is 5. The monoisotopic (exact) mass is 400 g/mol. The molecule has 0 unspecified atom stereocenters. The Labute approximate surface area is 121 Å². The second kappa shape index (κ2) is 5.18. The molecule has 2 rings (SSSR count). The second-order valence-electron chi connectivity index (χ2n) is 3.29. The molecule has 1 aromatic heterocycles. The molecule has 0 radical (unpaired) electrons. The first-order valence-electron chi connectivity index (χ1n) is 4.61. The van der Waals surface area contributed by atoms with Crippen LogP contribution in [0.25, 0.3) is 0 Å². The highest BCUT2D eigenvalue weighted by atomic mass is 79.9. The van der Waals surface area contributed by atoms with Crippen LogP contribution in [0.2, 0.25) is 0 Å². The highest BCUT2D eigenvalue weighted by Gasteiger charge is 2.30. The molecule has 0 spiro atoms. The molecule has 2 nitrogen and oxygen atoms in total. The van der Waals surface area contributed by atoms with Gasteiger partial charge in [-0.1, -0.05) is 0 Å². The van der Waals surface area contributed by atoms with Gasteiger partial charge in [0.15, 0.2) is 5.13 Å². The van der Waals surface area contributed by atoms with Gasteiger partial charge < -0.3 is 5.32 Å². The van der Waals surface area contributed by atoms with Crippen molar-refractivity contribution in [2.24, 2.45) is 0 Å². The number of hydrogen-bond donors (Lipinski definition) is 1. The van der Waals surface area contributed by atoms with Crippen molar-refractivity contribution in [3.05, 3.63) is 38.2 Å². The Kier molecular flexibility index (Phi) is 3.98. The third-order valence-corrected chi connectivity index (χ3v) is 4.17. The largest absolute Gasteiger partial charge is 0.416 e. The van der Waals surface area contributed by atoms with Crippen molar-refractivity contribution >= 4 is 54.0 Å². The van der Waals surface area contributed by atoms with Crippen molar-refractivity contribution in [1.82, 2.24) is 4.98 Å². The first-order chi connectivity index (χ1) is 8.36. The fourth-order valence-electron chi connectivity index (χ4n) is 1.22. The minimum Gasteiger partial charge on any atom is -0.331 e. The molecule has 0 saturated heterocycles. The molecule has 0 fully saturated rings. The molecule has 2 aromatic rings. The van der Waals surface area contributed by atoms with Crippen LogP contribution in [0.15, 0.2) is 32.7 Å². The lowest BCUT2D eigenvalue weighted by atomic mass is 10.2. The standard InChI is InChI=1S/C10H5Br2F3N2S/c11-6-2-1-5(10(13,14)15)3-7(6)16-9-17-8(12)4-18-9/h1-4H,(H,16,17). The summed E-state index contributed by atoms with van der Waals surface area (Å²) in [4.78, 5) is 4.06. The van der Waals surface area contributed by atoms with E-state index in [1.54, 1.807) is 5.38 Å². The molecular formula is C10H5Br2F3N2S. The van der Waals surface area contributed by atoms with Gasteiger partial charge in [0.25, 0.3) is 0 Å². The first kappa shape index (κ1) is 13.8. The average Bonchev–Trinajstić information content (AvgIpc) is 2.66. The maximum atomic E-state index is 12.6. The van der Waals surface area contributed by atoms with Crippen LogP contribution in [0.5, 0.6) is 0 Å². The lowest BCUT2D eigenvalue weighted by Gasteiger charge is -2.10. The number of anilines is 2. The predicted octanol–water partition coefficient (Wildman–Crippen LogP) is 5.43. The zero-order chi connectivity index (χ0) is 13.3. The zero-order valence-electron chi connectivity index (χ0n) is 8.55. The van der Waals surface area contributed by atoms with Crippen molar-refractivity contribution in [2.75, 3.05) is 5.32 Å². The van der Waals surface area contributed by atoms with Gasteiger partial charge in [-0.15, -0.1) is 11.3 Å². The van der Waals surface area contributed by atoms with Gasteiger partial charge in [-0.25, -0.2) is 4.98 Å². The Morgan fingerprint density at radius 3 is 2.50 bits per heavy atom. The summed E-state index contributed by atoms with van der Waals surface area (Å²) in [6, 6.07) is 3.42. The van der Waals surface area contributed by atoms with E-state index in [0.717, 1.165) is 12.1 Å². The highest BCUT2D eigenvalue weighted by Crippen LogP contribution is 2.35. The van der Waals surface area contributed by atoms with Crippen LogP contribution in [0.1, 0.15) is 5.56 Å². The predicted molar refractivity (Wildman–Crippen MR) is 72.2 cm³/mol. The molecule has 1 N–H and O–H groups in total. The van der Waals surface area contributed by atoms with Crippen molar-refractivity contribution < 1.29 is 13.2 Å². The van der Waals surface area contributed by atoms with E-state index in [1.807, 2.05) is 0 Å². The van der Waals surface area contributed by atoms with Crippen LogP contribution in [0.4, 0.5) is 24.0 Å². The molecule has 0 aliphatic rings. The Morgan fingerprint density at radius 1 is 1.22 bits per heavy atom. The second-order valence-corrected chi connectivity index (χ2v) is 5.82. The van der Waals surface area contributed by atoms with E-state index >= 15 is 0 Å². The van der Waals surface area contributed by atoms with Gasteiger partial charge in [0.1, 0.15) is 4.60 Å². The molecule has 0 saturated carbocycles. The third kappa shape index (κ3) is 3.24. The van der Waals surface area contributed by atoms with E-state index < -0.39 is 11.7 Å². The minimum atomic E-state index is -4.36. The summed E-state index contributed by atoms with van der Waals surface area (Å²) < 4.78 is 38.9. The zero-order valence-corrected chi connectivity index (χ0v) is 12.5. The minimum absolute atomic E-state index is 0.326. The smallest absolute Gasteiger partial charge is 0.331 e. The van der Waals surface area contributed by atoms with E-state index in [1.165, 1.54) is 17.4 Å². The number of nitrogens with zero attached hydrogens (tertiary/aromatic N) is 1. The summed E-state index contributed by atoms with van der Waals surface area (Å²) >= 11 is 7.67. The van der Waals surface area contributed by atoms with E-state index in [9.17, 15) is 13.2 Å². The summed E-state index contributed by atoms with van der Waals surface area (Å²) in [5, 5.41) is 5.09. The lowest BCUT2D eigenvalue weighted by molar-refractivity contribution is -0.137. The van der Waals surface area contributed by atoms with Crippen LogP contribution in [0.3, 0.4) is 0 Å². The van der Waals surface area contributed by atoms with Gasteiger partial charge in [0.05, 0.1) is 11.3 Å². The lowest BCUT2D eigenvalue weighted by Crippen LogP contribution is -2.05. The van der Waals surface area contributed by atoms with Crippen LogP contribution in [0, 0.1) is 0 Å². The van der Waals surface area contributed by atoms with Gasteiger partial charge in [-0.3, -0.25) is 0 Å². The number of thiazole rings is 1. The van der Waals surface area contributed by atoms with Crippen LogP contribution in [-0.4, -0.2) is 4.98 Å². The number of nitrogens with one attached hydrogen (secondary N) is 1. The normalized spacial score (nSPS) is 11.6. The summed E-state index contributed by atoms with van der Waals surface area (Å²) in [5.74, 6) is 0. The molecule has 1 heterocycles. The van der Waals surface area contributed by atoms with Crippen LogP contribution >= 0.6 is 43.2 Å². The Hall–Kier alpha value is -0.600. The number of benzene rings is 1. The van der Waals surface area contributed by atoms with Gasteiger partial charge in [-0.05, 0) is 50.1 Å². The quantitative estimate of drug-likeness (QED) is 0.725. The van der Waals surface area contributed by atoms with Gasteiger partial charge in [-0.2, -0.15) is 13.2 Å². The van der Waals surface area contributed by atoms with Crippen molar-refractivity contribution in [2.45, 2.75) is 6.18 Å². The third-order valence-electron chi connectivity index (χ3n) is 2.01. The average molecular weight is 402 g/mol. The molecule has 0 bridgehead atoms. The molecular weight excluding hydrogens is 397 g/mol. The van der Waals surface area contributed by atoms with Crippen molar-refractivity contribution in [3.63, 3.8) is 0 Å². The topological polar surface area (TPSA) is 24.9 Å². The molecule has 96 valence electrons. The molecule has 1 aromatic carbocycles.